The molecule has 0 aromatic heterocycles. The summed E-state index contributed by atoms with van der Waals surface area (Å²) >= 11 is 6.91. The van der Waals surface area contributed by atoms with Gasteiger partial charge in [0.1, 0.15) is 0 Å². The first-order chi connectivity index (χ1) is 15.3. The van der Waals surface area contributed by atoms with Crippen LogP contribution in [0.4, 0.5) is 0 Å². The van der Waals surface area contributed by atoms with Crippen LogP contribution in [-0.2, 0) is 0 Å². The molecule has 0 aromatic carbocycles. The van der Waals surface area contributed by atoms with Crippen LogP contribution in [0.25, 0.3) is 0 Å². The van der Waals surface area contributed by atoms with Crippen molar-refractivity contribution >= 4 is 43.4 Å². The summed E-state index contributed by atoms with van der Waals surface area (Å²) in [6, 6.07) is 0. The number of fused-ring (bicyclic) bond motifs is 4. The maximum absolute atomic E-state index is 2.84. The first-order valence-electron chi connectivity index (χ1n) is 13.3. The van der Waals surface area contributed by atoms with Crippen molar-refractivity contribution in [2.75, 3.05) is 0 Å². The minimum Gasteiger partial charge on any atom is -0.127 e. The highest BCUT2D eigenvalue weighted by atomic mass is 32.2. The Bertz CT molecular complexity index is 847. The van der Waals surface area contributed by atoms with E-state index >= 15 is 0 Å². The van der Waals surface area contributed by atoms with Gasteiger partial charge in [0.15, 0.2) is 0 Å². The van der Waals surface area contributed by atoms with E-state index in [1.165, 1.54) is 38.5 Å². The summed E-state index contributed by atoms with van der Waals surface area (Å²) in [5.74, 6) is 4.39. The highest BCUT2D eigenvalue weighted by Crippen LogP contribution is 2.70. The SMILES string of the molecule is CC1=CC2C(S1)C([Si](C)(C)C1C(C)CC3C(C4CCCCC4)=C(C)SC31)C1SC(C)=C[C@@H]21. The van der Waals surface area contributed by atoms with E-state index in [1.807, 2.05) is 5.57 Å². The van der Waals surface area contributed by atoms with Gasteiger partial charge < -0.3 is 0 Å². The second-order valence-corrected chi connectivity index (χ2v) is 21.7. The molecular weight excluding hydrogens is 461 g/mol. The molecule has 3 heterocycles. The molecule has 0 saturated heterocycles. The van der Waals surface area contributed by atoms with Gasteiger partial charge in [0.25, 0.3) is 0 Å². The average Bonchev–Trinajstić information content (AvgIpc) is 3.47. The molecule has 6 aliphatic rings. The smallest absolute Gasteiger partial charge is 0.0575 e. The molecule has 0 spiro atoms. The zero-order valence-corrected chi connectivity index (χ0v) is 24.3. The number of hydrogen-bond acceptors (Lipinski definition) is 3. The van der Waals surface area contributed by atoms with Crippen molar-refractivity contribution in [2.45, 2.75) is 106 Å². The monoisotopic (exact) mass is 502 g/mol. The fraction of sp³-hybridized carbons (Fsp3) is 0.786. The van der Waals surface area contributed by atoms with Crippen LogP contribution in [-0.4, -0.2) is 23.8 Å². The van der Waals surface area contributed by atoms with E-state index in [0.717, 1.165) is 56.4 Å². The van der Waals surface area contributed by atoms with Gasteiger partial charge >= 0.3 is 0 Å². The Kier molecular flexibility index (Phi) is 5.92. The fourth-order valence-corrected chi connectivity index (χ4v) is 23.0. The number of hydrogen-bond donors (Lipinski definition) is 0. The summed E-state index contributed by atoms with van der Waals surface area (Å²) < 4.78 is 0. The molecule has 3 fully saturated rings. The standard InChI is InChI=1S/C28H42S3Si/c1-15-12-22-23(19-10-8-7-9-11-19)18(4)31-26(22)27(15)32(5,6)28-24-20(13-16(2)29-24)21-14-17(3)30-25(21)28/h13-15,19-22,24-28H,7-12H2,1-6H3/t15?,20-,21?,22?,24?,25?,26?,27?,28?/m0/s1. The van der Waals surface area contributed by atoms with Crippen LogP contribution in [0.5, 0.6) is 0 Å². The zero-order chi connectivity index (χ0) is 22.4. The molecule has 0 bridgehead atoms. The molecule has 8 unspecified atom stereocenters. The van der Waals surface area contributed by atoms with Crippen LogP contribution in [0.3, 0.4) is 0 Å². The summed E-state index contributed by atoms with van der Waals surface area (Å²) in [7, 11) is -1.48. The molecule has 32 heavy (non-hydrogen) atoms. The minimum atomic E-state index is -1.48. The van der Waals surface area contributed by atoms with Crippen molar-refractivity contribution < 1.29 is 0 Å². The van der Waals surface area contributed by atoms with E-state index in [2.05, 4.69) is 88.2 Å². The Morgan fingerprint density at radius 2 is 1.38 bits per heavy atom. The molecule has 0 radical (unpaired) electrons. The molecule has 3 saturated carbocycles. The van der Waals surface area contributed by atoms with Crippen LogP contribution in [0, 0.1) is 29.6 Å². The van der Waals surface area contributed by atoms with Crippen molar-refractivity contribution in [3.05, 3.63) is 32.4 Å². The Balaban J connectivity index is 1.30. The van der Waals surface area contributed by atoms with Crippen molar-refractivity contribution in [1.29, 1.82) is 0 Å². The predicted molar refractivity (Wildman–Crippen MR) is 150 cm³/mol. The van der Waals surface area contributed by atoms with Crippen molar-refractivity contribution in [2.24, 2.45) is 29.6 Å². The van der Waals surface area contributed by atoms with E-state index in [9.17, 15) is 0 Å². The topological polar surface area (TPSA) is 0 Å². The van der Waals surface area contributed by atoms with Crippen LogP contribution in [0.15, 0.2) is 32.4 Å². The van der Waals surface area contributed by atoms with Crippen LogP contribution >= 0.6 is 35.3 Å². The lowest BCUT2D eigenvalue weighted by Crippen LogP contribution is -2.48. The fourth-order valence-electron chi connectivity index (χ4n) is 9.35. The first kappa shape index (κ1) is 22.9. The van der Waals surface area contributed by atoms with Gasteiger partial charge in [-0.3, -0.25) is 0 Å². The highest BCUT2D eigenvalue weighted by molar-refractivity contribution is 8.05. The molecule has 0 nitrogen and oxygen atoms in total. The zero-order valence-electron chi connectivity index (χ0n) is 20.9. The van der Waals surface area contributed by atoms with E-state index in [4.69, 9.17) is 0 Å². The lowest BCUT2D eigenvalue weighted by atomic mass is 9.77. The van der Waals surface area contributed by atoms with Crippen molar-refractivity contribution in [3.63, 3.8) is 0 Å². The Morgan fingerprint density at radius 1 is 0.781 bits per heavy atom. The molecule has 9 atom stereocenters. The minimum absolute atomic E-state index is 0.813. The van der Waals surface area contributed by atoms with Gasteiger partial charge in [-0.25, -0.2) is 0 Å². The summed E-state index contributed by atoms with van der Waals surface area (Å²) in [5, 5.41) is 2.64. The second-order valence-electron chi connectivity index (χ2n) is 12.5. The third-order valence-corrected chi connectivity index (χ3v) is 20.3. The maximum Gasteiger partial charge on any atom is 0.0575 e. The first-order valence-corrected chi connectivity index (χ1v) is 19.1. The highest BCUT2D eigenvalue weighted by Gasteiger charge is 2.63. The third kappa shape index (κ3) is 3.39. The molecule has 176 valence electrons. The average molecular weight is 503 g/mol. The van der Waals surface area contributed by atoms with Gasteiger partial charge in [-0.05, 0) is 95.4 Å². The lowest BCUT2D eigenvalue weighted by Gasteiger charge is -2.45. The molecule has 0 N–H and O–H groups in total. The predicted octanol–water partition coefficient (Wildman–Crippen LogP) is 9.35. The summed E-state index contributed by atoms with van der Waals surface area (Å²) in [6.07, 6.45) is 14.2. The third-order valence-electron chi connectivity index (χ3n) is 10.3. The van der Waals surface area contributed by atoms with Crippen LogP contribution in [0.2, 0.25) is 24.2 Å². The van der Waals surface area contributed by atoms with Gasteiger partial charge in [0.2, 0.25) is 0 Å². The number of thioether (sulfide) groups is 3. The largest absolute Gasteiger partial charge is 0.127 e. The summed E-state index contributed by atoms with van der Waals surface area (Å²) in [6.45, 7) is 15.6. The molecule has 3 aliphatic carbocycles. The molecule has 0 aromatic rings. The van der Waals surface area contributed by atoms with E-state index in [-0.39, 0.29) is 0 Å². The molecule has 6 rings (SSSR count). The number of allylic oxidation sites excluding steroid dienone is 6. The molecule has 4 heteroatoms. The van der Waals surface area contributed by atoms with Gasteiger partial charge in [0, 0.05) is 15.7 Å². The quantitative estimate of drug-likeness (QED) is 0.353. The second kappa shape index (κ2) is 8.27. The summed E-state index contributed by atoms with van der Waals surface area (Å²) in [5.41, 5.74) is 3.91. The molecule has 0 amide bonds. The Hall–Kier alpha value is 0.487. The van der Waals surface area contributed by atoms with Gasteiger partial charge in [-0.15, -0.1) is 35.3 Å². The van der Waals surface area contributed by atoms with Crippen LogP contribution < -0.4 is 0 Å². The van der Waals surface area contributed by atoms with Crippen LogP contribution in [0.1, 0.15) is 66.2 Å². The normalized spacial score (nSPS) is 46.4. The Morgan fingerprint density at radius 3 is 1.97 bits per heavy atom. The maximum atomic E-state index is 2.84. The van der Waals surface area contributed by atoms with E-state index < -0.39 is 8.07 Å². The van der Waals surface area contributed by atoms with Gasteiger partial charge in [-0.2, -0.15) is 0 Å². The molecular formula is C28H42S3Si. The summed E-state index contributed by atoms with van der Waals surface area (Å²) in [4.78, 5) is 4.98. The Labute approximate surface area is 210 Å². The van der Waals surface area contributed by atoms with E-state index in [1.54, 1.807) is 14.7 Å². The van der Waals surface area contributed by atoms with Gasteiger partial charge in [-0.1, -0.05) is 57.0 Å². The van der Waals surface area contributed by atoms with E-state index in [0.29, 0.717) is 0 Å². The van der Waals surface area contributed by atoms with Crippen molar-refractivity contribution in [3.8, 4) is 0 Å². The lowest BCUT2D eigenvalue weighted by molar-refractivity contribution is 0.371. The number of rotatable bonds is 3. The van der Waals surface area contributed by atoms with Gasteiger partial charge in [0.05, 0.1) is 8.07 Å². The van der Waals surface area contributed by atoms with Crippen molar-refractivity contribution in [1.82, 2.24) is 0 Å². The molecule has 3 aliphatic heterocycles.